The van der Waals surface area contributed by atoms with Crippen molar-refractivity contribution in [3.8, 4) is 39.7 Å². The van der Waals surface area contributed by atoms with Crippen molar-refractivity contribution < 1.29 is 14.2 Å². The van der Waals surface area contributed by atoms with E-state index in [0.29, 0.717) is 46.2 Å². The quantitative estimate of drug-likeness (QED) is 0.240. The highest BCUT2D eigenvalue weighted by Gasteiger charge is 2.23. The Morgan fingerprint density at radius 3 is 2.29 bits per heavy atom. The number of rotatable bonds is 8. The Labute approximate surface area is 236 Å². The van der Waals surface area contributed by atoms with Gasteiger partial charge in [-0.2, -0.15) is 5.10 Å². The zero-order valence-corrected chi connectivity index (χ0v) is 23.0. The second-order valence-corrected chi connectivity index (χ2v) is 10.6. The number of methoxy groups -OCH3 is 1. The Bertz CT molecular complexity index is 1800. The summed E-state index contributed by atoms with van der Waals surface area (Å²) in [5.41, 5.74) is 4.80. The fourth-order valence-electron chi connectivity index (χ4n) is 4.77. The molecule has 0 radical (unpaired) electrons. The molecule has 8 nitrogen and oxygen atoms in total. The minimum absolute atomic E-state index is 0.256. The van der Waals surface area contributed by atoms with Crippen molar-refractivity contribution in [2.24, 2.45) is 0 Å². The van der Waals surface area contributed by atoms with Gasteiger partial charge in [0.1, 0.15) is 40.1 Å². The smallest absolute Gasteiger partial charge is 0.182 e. The van der Waals surface area contributed by atoms with Gasteiger partial charge in [-0.05, 0) is 55.8 Å². The first-order chi connectivity index (χ1) is 19.8. The van der Waals surface area contributed by atoms with Crippen molar-refractivity contribution in [3.63, 3.8) is 0 Å². The molecule has 0 saturated heterocycles. The van der Waals surface area contributed by atoms with Crippen molar-refractivity contribution in [2.45, 2.75) is 32.4 Å². The van der Waals surface area contributed by atoms with Crippen LogP contribution >= 0.6 is 0 Å². The van der Waals surface area contributed by atoms with Crippen LogP contribution in [0.15, 0.2) is 85.1 Å². The van der Waals surface area contributed by atoms with E-state index in [0.717, 1.165) is 22.4 Å². The fraction of sp³-hybridized carbons (Fsp3) is 0.188. The van der Waals surface area contributed by atoms with Gasteiger partial charge in [-0.15, -0.1) is 0 Å². The molecular formula is C32H29FN6O2. The number of H-pyrrole nitrogens is 1. The van der Waals surface area contributed by atoms with Gasteiger partial charge in [0.2, 0.25) is 0 Å². The van der Waals surface area contributed by atoms with E-state index in [1.807, 2.05) is 60.8 Å². The Hall–Kier alpha value is -4.89. The van der Waals surface area contributed by atoms with Gasteiger partial charge in [-0.1, -0.05) is 42.5 Å². The van der Waals surface area contributed by atoms with E-state index in [1.165, 1.54) is 12.1 Å². The highest BCUT2D eigenvalue weighted by Crippen LogP contribution is 2.35. The number of aromatic nitrogens is 6. The summed E-state index contributed by atoms with van der Waals surface area (Å²) in [5, 5.41) is 15.3. The predicted octanol–water partition coefficient (Wildman–Crippen LogP) is 6.06. The van der Waals surface area contributed by atoms with Crippen LogP contribution in [-0.2, 0) is 13.0 Å². The summed E-state index contributed by atoms with van der Waals surface area (Å²) in [4.78, 5) is 18.1. The van der Waals surface area contributed by atoms with Gasteiger partial charge in [-0.25, -0.2) is 19.3 Å². The molecule has 0 unspecified atom stereocenters. The molecule has 3 heterocycles. The average Bonchev–Trinajstić information content (AvgIpc) is 3.57. The van der Waals surface area contributed by atoms with E-state index in [2.05, 4.69) is 4.98 Å². The number of fused-ring (bicyclic) bond motifs is 1. The summed E-state index contributed by atoms with van der Waals surface area (Å²) in [6.07, 6.45) is 2.34. The number of hydrogen-bond donors (Lipinski definition) is 2. The molecule has 0 aliphatic rings. The molecule has 0 spiro atoms. The van der Waals surface area contributed by atoms with Crippen LogP contribution in [-0.4, -0.2) is 47.5 Å². The Morgan fingerprint density at radius 1 is 0.878 bits per heavy atom. The van der Waals surface area contributed by atoms with E-state index < -0.39 is 5.60 Å². The number of nitrogens with one attached hydrogen (secondary N) is 1. The lowest BCUT2D eigenvalue weighted by Gasteiger charge is -2.16. The molecule has 6 aromatic rings. The van der Waals surface area contributed by atoms with Gasteiger partial charge in [-0.3, -0.25) is 4.68 Å². The number of nitrogens with zero attached hydrogens (tertiary/aromatic N) is 5. The summed E-state index contributed by atoms with van der Waals surface area (Å²) in [6, 6.07) is 23.8. The molecule has 0 amide bonds. The van der Waals surface area contributed by atoms with Gasteiger partial charge in [0.25, 0.3) is 0 Å². The molecule has 3 aromatic carbocycles. The van der Waals surface area contributed by atoms with Crippen molar-refractivity contribution in [3.05, 3.63) is 102 Å². The first-order valence-electron chi connectivity index (χ1n) is 13.3. The first kappa shape index (κ1) is 26.3. The van der Waals surface area contributed by atoms with Crippen LogP contribution in [0.5, 0.6) is 5.75 Å². The van der Waals surface area contributed by atoms with E-state index in [1.54, 1.807) is 37.8 Å². The molecule has 0 bridgehead atoms. The predicted molar refractivity (Wildman–Crippen MR) is 156 cm³/mol. The lowest BCUT2D eigenvalue weighted by atomic mass is 10.0. The molecule has 41 heavy (non-hydrogen) atoms. The van der Waals surface area contributed by atoms with Crippen LogP contribution in [0.1, 0.15) is 25.2 Å². The number of imidazole rings is 1. The number of hydrogen-bond acceptors (Lipinski definition) is 6. The maximum atomic E-state index is 13.8. The van der Waals surface area contributed by atoms with Gasteiger partial charge < -0.3 is 14.8 Å². The fourth-order valence-corrected chi connectivity index (χ4v) is 4.77. The molecule has 0 aliphatic carbocycles. The molecule has 2 N–H and O–H groups in total. The minimum Gasteiger partial charge on any atom is -0.497 e. The molecule has 0 aliphatic heterocycles. The third-order valence-electron chi connectivity index (χ3n) is 6.65. The standard InChI is InChI=1S/C32H29FN6O2/c1-32(2,40)19-39-18-25(27(38-39)21-11-13-23(33)14-12-21)28-29-31(37-30(36-29)22-7-5-4-6-8-22)35-26(34-28)17-20-9-15-24(41-3)16-10-20/h4-16,18,40H,17,19H2,1-3H3,(H,34,35,36,37). The largest absolute Gasteiger partial charge is 0.497 e. The van der Waals surface area contributed by atoms with Gasteiger partial charge in [0.05, 0.1) is 19.3 Å². The Kier molecular flexibility index (Phi) is 6.80. The molecule has 0 fully saturated rings. The Balaban J connectivity index is 1.55. The SMILES string of the molecule is COc1ccc(Cc2nc(-c3cn(CC(C)(C)O)nc3-c3ccc(F)cc3)c3[nH]c(-c4ccccc4)nc3n2)cc1. The molecule has 0 atom stereocenters. The molecular weight excluding hydrogens is 519 g/mol. The maximum absolute atomic E-state index is 13.8. The van der Waals surface area contributed by atoms with Crippen LogP contribution in [0.2, 0.25) is 0 Å². The van der Waals surface area contributed by atoms with Crippen LogP contribution in [0.4, 0.5) is 4.39 Å². The lowest BCUT2D eigenvalue weighted by Crippen LogP contribution is -2.26. The number of benzene rings is 3. The van der Waals surface area contributed by atoms with Gasteiger partial charge >= 0.3 is 0 Å². The van der Waals surface area contributed by atoms with Crippen LogP contribution in [0.25, 0.3) is 45.1 Å². The highest BCUT2D eigenvalue weighted by molar-refractivity contribution is 5.93. The maximum Gasteiger partial charge on any atom is 0.182 e. The van der Waals surface area contributed by atoms with Crippen molar-refractivity contribution in [1.29, 1.82) is 0 Å². The molecule has 6 rings (SSSR count). The van der Waals surface area contributed by atoms with Crippen LogP contribution in [0, 0.1) is 5.82 Å². The van der Waals surface area contributed by atoms with E-state index in [9.17, 15) is 9.50 Å². The summed E-state index contributed by atoms with van der Waals surface area (Å²) >= 11 is 0. The Morgan fingerprint density at radius 2 is 1.61 bits per heavy atom. The zero-order chi connectivity index (χ0) is 28.6. The topological polar surface area (TPSA) is 102 Å². The van der Waals surface area contributed by atoms with Gasteiger partial charge in [0.15, 0.2) is 5.65 Å². The third-order valence-corrected chi connectivity index (χ3v) is 6.65. The zero-order valence-electron chi connectivity index (χ0n) is 23.0. The summed E-state index contributed by atoms with van der Waals surface area (Å²) in [7, 11) is 1.64. The van der Waals surface area contributed by atoms with Crippen molar-refractivity contribution in [2.75, 3.05) is 7.11 Å². The summed E-state index contributed by atoms with van der Waals surface area (Å²) in [5.74, 6) is 1.70. The third kappa shape index (κ3) is 5.71. The van der Waals surface area contributed by atoms with Crippen LogP contribution in [0.3, 0.4) is 0 Å². The van der Waals surface area contributed by atoms with Crippen molar-refractivity contribution >= 4 is 11.2 Å². The van der Waals surface area contributed by atoms with E-state index in [-0.39, 0.29) is 12.4 Å². The number of ether oxygens (including phenoxy) is 1. The van der Waals surface area contributed by atoms with E-state index in [4.69, 9.17) is 24.8 Å². The second kappa shape index (κ2) is 10.6. The van der Waals surface area contributed by atoms with Crippen LogP contribution < -0.4 is 4.74 Å². The average molecular weight is 549 g/mol. The minimum atomic E-state index is -1.00. The molecule has 206 valence electrons. The highest BCUT2D eigenvalue weighted by atomic mass is 19.1. The number of aromatic amines is 1. The number of halogens is 1. The molecule has 3 aromatic heterocycles. The molecule has 0 saturated carbocycles. The summed E-state index contributed by atoms with van der Waals surface area (Å²) < 4.78 is 20.8. The molecule has 9 heteroatoms. The van der Waals surface area contributed by atoms with E-state index >= 15 is 0 Å². The van der Waals surface area contributed by atoms with Crippen molar-refractivity contribution in [1.82, 2.24) is 29.7 Å². The second-order valence-electron chi connectivity index (χ2n) is 10.6. The number of aliphatic hydroxyl groups is 1. The lowest BCUT2D eigenvalue weighted by molar-refractivity contribution is 0.0578. The normalized spacial score (nSPS) is 11.7. The van der Waals surface area contributed by atoms with Gasteiger partial charge in [0, 0.05) is 29.3 Å². The summed E-state index contributed by atoms with van der Waals surface area (Å²) in [6.45, 7) is 3.71. The monoisotopic (exact) mass is 548 g/mol. The first-order valence-corrected chi connectivity index (χ1v) is 13.3.